The molecule has 2 N–H and O–H groups in total. The van der Waals surface area contributed by atoms with Gasteiger partial charge < -0.3 is 24.6 Å². The number of aryl methyl sites for hydroxylation is 1. The summed E-state index contributed by atoms with van der Waals surface area (Å²) in [6.45, 7) is 10.3. The molecule has 1 heterocycles. The molecule has 3 aromatic rings. The minimum Gasteiger partial charge on any atom is -0.508 e. The van der Waals surface area contributed by atoms with Crippen molar-refractivity contribution < 1.29 is 29.3 Å². The summed E-state index contributed by atoms with van der Waals surface area (Å²) in [5, 5.41) is 21.2. The molecule has 0 radical (unpaired) electrons. The van der Waals surface area contributed by atoms with E-state index in [1.165, 1.54) is 17.0 Å². The van der Waals surface area contributed by atoms with Gasteiger partial charge in [0.1, 0.15) is 28.6 Å². The Morgan fingerprint density at radius 3 is 2.21 bits per heavy atom. The number of phenols is 1. The zero-order valence-electron chi connectivity index (χ0n) is 22.3. The Morgan fingerprint density at radius 1 is 0.974 bits per heavy atom. The predicted molar refractivity (Wildman–Crippen MR) is 145 cm³/mol. The van der Waals surface area contributed by atoms with Gasteiger partial charge in [0.15, 0.2) is 0 Å². The molecule has 1 saturated heterocycles. The molecule has 0 spiro atoms. The second-order valence-electron chi connectivity index (χ2n) is 10.3. The third-order valence-corrected chi connectivity index (χ3v) is 6.20. The number of amides is 1. The van der Waals surface area contributed by atoms with Gasteiger partial charge in [-0.25, -0.2) is 0 Å². The Kier molecular flexibility index (Phi) is 7.49. The molecular weight excluding hydrogens is 482 g/mol. The second kappa shape index (κ2) is 10.6. The Hall–Kier alpha value is -4.26. The molecule has 0 aliphatic carbocycles. The smallest absolute Gasteiger partial charge is 0.295 e. The lowest BCUT2D eigenvalue weighted by Gasteiger charge is -2.26. The number of hydrogen-bond acceptors (Lipinski definition) is 6. The number of hydrogen-bond donors (Lipinski definition) is 2. The van der Waals surface area contributed by atoms with Gasteiger partial charge in [0, 0.05) is 12.1 Å². The van der Waals surface area contributed by atoms with E-state index in [1.54, 1.807) is 30.3 Å². The summed E-state index contributed by atoms with van der Waals surface area (Å²) in [6, 6.07) is 17.9. The summed E-state index contributed by atoms with van der Waals surface area (Å²) in [7, 11) is 0. The predicted octanol–water partition coefficient (Wildman–Crippen LogP) is 5.90. The van der Waals surface area contributed by atoms with E-state index in [0.717, 1.165) is 11.1 Å². The van der Waals surface area contributed by atoms with Crippen LogP contribution in [-0.2, 0) is 16.1 Å². The molecule has 0 aromatic heterocycles. The van der Waals surface area contributed by atoms with Gasteiger partial charge in [-0.2, -0.15) is 0 Å². The maximum absolute atomic E-state index is 13.3. The van der Waals surface area contributed by atoms with Crippen molar-refractivity contribution in [3.63, 3.8) is 0 Å². The minimum absolute atomic E-state index is 0.00284. The van der Waals surface area contributed by atoms with E-state index in [4.69, 9.17) is 9.47 Å². The number of phenolic OH excluding ortho intramolecular Hbond substituents is 1. The number of likely N-dealkylation sites (tertiary alicyclic amines) is 1. The van der Waals surface area contributed by atoms with Crippen molar-refractivity contribution in [2.24, 2.45) is 0 Å². The van der Waals surface area contributed by atoms with Crippen molar-refractivity contribution in [2.45, 2.75) is 52.8 Å². The Bertz CT molecular complexity index is 1370. The van der Waals surface area contributed by atoms with Crippen LogP contribution in [0.4, 0.5) is 0 Å². The number of aliphatic hydroxyl groups excluding tert-OH is 1. The fourth-order valence-electron chi connectivity index (χ4n) is 4.53. The first-order chi connectivity index (χ1) is 18.0. The molecule has 1 unspecified atom stereocenters. The molecule has 1 amide bonds. The Morgan fingerprint density at radius 2 is 1.63 bits per heavy atom. The standard InChI is InChI=1S/C31H33NO6/c1-6-37-25-16-11-22(17-19(25)2)28(34)26-27(21-9-12-23(33)13-10-21)32(30(36)29(26)35)18-20-7-14-24(15-8-20)38-31(3,4)5/h7-17,27,33-34H,6,18H2,1-5H3/b28-26-. The summed E-state index contributed by atoms with van der Waals surface area (Å²) in [5.41, 5.74) is 2.25. The number of carbonyl (C=O) groups excluding carboxylic acids is 2. The van der Waals surface area contributed by atoms with Gasteiger partial charge in [0.05, 0.1) is 18.2 Å². The van der Waals surface area contributed by atoms with Gasteiger partial charge in [0.2, 0.25) is 0 Å². The third kappa shape index (κ3) is 5.67. The number of Topliss-reactive ketones (excluding diaryl/α,β-unsaturated/α-hetero) is 1. The summed E-state index contributed by atoms with van der Waals surface area (Å²) in [4.78, 5) is 28.1. The summed E-state index contributed by atoms with van der Waals surface area (Å²) in [5.74, 6) is -0.295. The van der Waals surface area contributed by atoms with Gasteiger partial charge in [-0.15, -0.1) is 0 Å². The van der Waals surface area contributed by atoms with Gasteiger partial charge in [-0.1, -0.05) is 24.3 Å². The first-order valence-corrected chi connectivity index (χ1v) is 12.6. The van der Waals surface area contributed by atoms with Crippen molar-refractivity contribution in [3.8, 4) is 17.2 Å². The zero-order valence-corrected chi connectivity index (χ0v) is 22.3. The Balaban J connectivity index is 1.75. The maximum atomic E-state index is 13.3. The van der Waals surface area contributed by atoms with Gasteiger partial charge in [-0.3, -0.25) is 9.59 Å². The zero-order chi connectivity index (χ0) is 27.6. The number of aliphatic hydroxyl groups is 1. The van der Waals surface area contributed by atoms with E-state index in [-0.39, 0.29) is 29.2 Å². The number of nitrogens with zero attached hydrogens (tertiary/aromatic N) is 1. The quantitative estimate of drug-likeness (QED) is 0.231. The monoisotopic (exact) mass is 515 g/mol. The summed E-state index contributed by atoms with van der Waals surface area (Å²) < 4.78 is 11.5. The average Bonchev–Trinajstić information content (AvgIpc) is 3.10. The molecule has 0 bridgehead atoms. The van der Waals surface area contributed by atoms with E-state index >= 15 is 0 Å². The van der Waals surface area contributed by atoms with Crippen LogP contribution < -0.4 is 9.47 Å². The van der Waals surface area contributed by atoms with Crippen LogP contribution in [0.1, 0.15) is 56.0 Å². The molecule has 1 aliphatic heterocycles. The number of aromatic hydroxyl groups is 1. The molecule has 38 heavy (non-hydrogen) atoms. The second-order valence-corrected chi connectivity index (χ2v) is 10.3. The number of benzene rings is 3. The fraction of sp³-hybridized carbons (Fsp3) is 0.290. The van der Waals surface area contributed by atoms with Crippen LogP contribution in [0.2, 0.25) is 0 Å². The topological polar surface area (TPSA) is 96.3 Å². The summed E-state index contributed by atoms with van der Waals surface area (Å²) in [6.07, 6.45) is 0. The number of ketones is 1. The molecule has 1 fully saturated rings. The average molecular weight is 516 g/mol. The van der Waals surface area contributed by atoms with E-state index < -0.39 is 17.7 Å². The van der Waals surface area contributed by atoms with Crippen molar-refractivity contribution in [1.82, 2.24) is 4.90 Å². The normalized spacial score (nSPS) is 17.1. The van der Waals surface area contributed by atoms with Crippen molar-refractivity contribution >= 4 is 17.4 Å². The molecular formula is C31H33NO6. The maximum Gasteiger partial charge on any atom is 0.295 e. The lowest BCUT2D eigenvalue weighted by atomic mass is 9.94. The van der Waals surface area contributed by atoms with Crippen LogP contribution >= 0.6 is 0 Å². The van der Waals surface area contributed by atoms with E-state index in [9.17, 15) is 19.8 Å². The Labute approximate surface area is 222 Å². The first-order valence-electron chi connectivity index (χ1n) is 12.6. The number of ether oxygens (including phenoxy) is 2. The van der Waals surface area contributed by atoms with Crippen molar-refractivity contribution in [1.29, 1.82) is 0 Å². The van der Waals surface area contributed by atoms with Crippen molar-refractivity contribution in [3.05, 3.63) is 94.6 Å². The molecule has 7 heteroatoms. The SMILES string of the molecule is CCOc1ccc(/C(O)=C2/C(=O)C(=O)N(Cc3ccc(OC(C)(C)C)cc3)C2c2ccc(O)cc2)cc1C. The molecule has 0 saturated carbocycles. The van der Waals surface area contributed by atoms with Crippen LogP contribution in [0.5, 0.6) is 17.2 Å². The molecule has 4 rings (SSSR count). The van der Waals surface area contributed by atoms with E-state index in [0.29, 0.717) is 29.2 Å². The van der Waals surface area contributed by atoms with Crippen LogP contribution in [-0.4, -0.2) is 39.0 Å². The minimum atomic E-state index is -0.840. The molecule has 1 atom stereocenters. The highest BCUT2D eigenvalue weighted by Gasteiger charge is 2.46. The molecule has 198 valence electrons. The molecule has 3 aromatic carbocycles. The fourth-order valence-corrected chi connectivity index (χ4v) is 4.53. The third-order valence-electron chi connectivity index (χ3n) is 6.20. The molecule has 7 nitrogen and oxygen atoms in total. The van der Waals surface area contributed by atoms with Gasteiger partial charge >= 0.3 is 0 Å². The lowest BCUT2D eigenvalue weighted by Crippen LogP contribution is -2.29. The summed E-state index contributed by atoms with van der Waals surface area (Å²) >= 11 is 0. The van der Waals surface area contributed by atoms with E-state index in [1.807, 2.05) is 58.9 Å². The van der Waals surface area contributed by atoms with Gasteiger partial charge in [0.25, 0.3) is 11.7 Å². The van der Waals surface area contributed by atoms with Crippen molar-refractivity contribution in [2.75, 3.05) is 6.61 Å². The first kappa shape index (κ1) is 26.8. The largest absolute Gasteiger partial charge is 0.508 e. The highest BCUT2D eigenvalue weighted by Crippen LogP contribution is 2.41. The van der Waals surface area contributed by atoms with E-state index in [2.05, 4.69) is 0 Å². The number of carbonyl (C=O) groups is 2. The van der Waals surface area contributed by atoms with Gasteiger partial charge in [-0.05, 0) is 93.8 Å². The van der Waals surface area contributed by atoms with Crippen LogP contribution in [0.15, 0.2) is 72.3 Å². The van der Waals surface area contributed by atoms with Crippen LogP contribution in [0.3, 0.4) is 0 Å². The number of rotatable bonds is 7. The van der Waals surface area contributed by atoms with Crippen LogP contribution in [0, 0.1) is 6.92 Å². The highest BCUT2D eigenvalue weighted by atomic mass is 16.5. The highest BCUT2D eigenvalue weighted by molar-refractivity contribution is 6.46. The lowest BCUT2D eigenvalue weighted by molar-refractivity contribution is -0.140. The molecule has 1 aliphatic rings. The van der Waals surface area contributed by atoms with Crippen LogP contribution in [0.25, 0.3) is 5.76 Å².